The van der Waals surface area contributed by atoms with Gasteiger partial charge < -0.3 is 16.0 Å². The SMILES string of the molecule is C=C(CN1CCC(F)(F)CC1)C(=O)NC[C@@H](NC(=O)[C@H](Cc1nc2ccc(C(C)C)cc2s1)NC(=O)CC)C1CCCCC1. The van der Waals surface area contributed by atoms with Gasteiger partial charge >= 0.3 is 0 Å². The van der Waals surface area contributed by atoms with Gasteiger partial charge in [-0.15, -0.1) is 11.3 Å². The van der Waals surface area contributed by atoms with Crippen molar-refractivity contribution in [1.29, 1.82) is 0 Å². The summed E-state index contributed by atoms with van der Waals surface area (Å²) in [4.78, 5) is 45.8. The number of amides is 3. The van der Waals surface area contributed by atoms with Gasteiger partial charge in [-0.05, 0) is 42.4 Å². The summed E-state index contributed by atoms with van der Waals surface area (Å²) < 4.78 is 28.1. The minimum absolute atomic E-state index is 0.185. The molecule has 2 aromatic rings. The van der Waals surface area contributed by atoms with Gasteiger partial charge in [-0.3, -0.25) is 19.3 Å². The van der Waals surface area contributed by atoms with Gasteiger partial charge in [-0.25, -0.2) is 13.8 Å². The zero-order chi connectivity index (χ0) is 31.9. The lowest BCUT2D eigenvalue weighted by molar-refractivity contribution is -0.129. The fraction of sp³-hybridized carbons (Fsp3) is 0.636. The second-order valence-corrected chi connectivity index (χ2v) is 13.7. The zero-order valence-electron chi connectivity index (χ0n) is 26.2. The monoisotopic (exact) mass is 631 g/mol. The molecule has 1 saturated carbocycles. The molecule has 0 unspecified atom stereocenters. The smallest absolute Gasteiger partial charge is 0.250 e. The molecule has 0 radical (unpaired) electrons. The number of nitrogens with zero attached hydrogens (tertiary/aromatic N) is 2. The lowest BCUT2D eigenvalue weighted by atomic mass is 9.83. The van der Waals surface area contributed by atoms with E-state index in [1.807, 2.05) is 11.0 Å². The standard InChI is InChI=1S/C33H47F2N5O3S/c1-5-29(41)37-26(18-30-38-25-12-11-24(21(2)3)17-28(25)44-30)32(43)39-27(23-9-7-6-8-10-23)19-36-31(42)22(4)20-40-15-13-33(34,35)14-16-40/h11-12,17,21,23,26-27H,4-10,13-16,18-20H2,1-3H3,(H,36,42)(H,37,41)(H,39,43)/t26-,27+/m0/s1. The molecule has 3 N–H and O–H groups in total. The Balaban J connectivity index is 1.42. The van der Waals surface area contributed by atoms with E-state index in [0.717, 1.165) is 47.3 Å². The van der Waals surface area contributed by atoms with Crippen LogP contribution in [0.25, 0.3) is 10.2 Å². The van der Waals surface area contributed by atoms with E-state index in [2.05, 4.69) is 48.5 Å². The molecule has 2 aliphatic rings. The van der Waals surface area contributed by atoms with Crippen LogP contribution in [0.3, 0.4) is 0 Å². The Kier molecular flexibility index (Phi) is 11.9. The van der Waals surface area contributed by atoms with Crippen molar-refractivity contribution in [2.24, 2.45) is 5.92 Å². The van der Waals surface area contributed by atoms with Crippen molar-refractivity contribution < 1.29 is 23.2 Å². The summed E-state index contributed by atoms with van der Waals surface area (Å²) >= 11 is 1.53. The van der Waals surface area contributed by atoms with E-state index in [4.69, 9.17) is 4.98 Å². The molecule has 3 amide bonds. The number of piperidine rings is 1. The molecule has 44 heavy (non-hydrogen) atoms. The summed E-state index contributed by atoms with van der Waals surface area (Å²) in [5.41, 5.74) is 2.41. The molecule has 0 bridgehead atoms. The number of alkyl halides is 2. The normalized spacial score (nSPS) is 19.0. The van der Waals surface area contributed by atoms with E-state index in [0.29, 0.717) is 11.5 Å². The number of hydrogen-bond donors (Lipinski definition) is 3. The van der Waals surface area contributed by atoms with E-state index in [-0.39, 0.29) is 81.5 Å². The third-order valence-electron chi connectivity index (χ3n) is 8.83. The molecular formula is C33H47F2N5O3S. The van der Waals surface area contributed by atoms with Crippen molar-refractivity contribution in [3.63, 3.8) is 0 Å². The van der Waals surface area contributed by atoms with Crippen LogP contribution in [-0.4, -0.2) is 71.8 Å². The van der Waals surface area contributed by atoms with Gasteiger partial charge in [0.05, 0.1) is 15.2 Å². The molecule has 8 nitrogen and oxygen atoms in total. The minimum Gasteiger partial charge on any atom is -0.350 e. The molecule has 242 valence electrons. The van der Waals surface area contributed by atoms with Crippen molar-refractivity contribution in [1.82, 2.24) is 25.8 Å². The van der Waals surface area contributed by atoms with Crippen LogP contribution in [-0.2, 0) is 20.8 Å². The lowest BCUT2D eigenvalue weighted by Crippen LogP contribution is -2.55. The number of thiazole rings is 1. The van der Waals surface area contributed by atoms with Crippen LogP contribution in [0.5, 0.6) is 0 Å². The van der Waals surface area contributed by atoms with Crippen LogP contribution in [0.4, 0.5) is 8.78 Å². The molecule has 1 aromatic carbocycles. The predicted octanol–water partition coefficient (Wildman–Crippen LogP) is 5.33. The first-order valence-electron chi connectivity index (χ1n) is 16.0. The first kappa shape index (κ1) is 34.0. The Hall–Kier alpha value is -2.92. The minimum atomic E-state index is -2.65. The summed E-state index contributed by atoms with van der Waals surface area (Å²) in [7, 11) is 0. The van der Waals surface area contributed by atoms with Crippen LogP contribution in [0.15, 0.2) is 30.4 Å². The number of benzene rings is 1. The number of hydrogen-bond acceptors (Lipinski definition) is 6. The van der Waals surface area contributed by atoms with E-state index >= 15 is 0 Å². The summed E-state index contributed by atoms with van der Waals surface area (Å²) in [6.07, 6.45) is 5.20. The summed E-state index contributed by atoms with van der Waals surface area (Å²) in [6.45, 7) is 10.8. The average molecular weight is 632 g/mol. The maximum absolute atomic E-state index is 13.8. The number of aromatic nitrogens is 1. The zero-order valence-corrected chi connectivity index (χ0v) is 27.0. The van der Waals surface area contributed by atoms with Crippen molar-refractivity contribution in [2.75, 3.05) is 26.2 Å². The molecular weight excluding hydrogens is 584 g/mol. The molecule has 4 rings (SSSR count). The van der Waals surface area contributed by atoms with Crippen LogP contribution < -0.4 is 16.0 Å². The number of halogens is 2. The van der Waals surface area contributed by atoms with Gasteiger partial charge in [0.15, 0.2) is 0 Å². The molecule has 2 atom stereocenters. The Morgan fingerprint density at radius 3 is 2.48 bits per heavy atom. The highest BCUT2D eigenvalue weighted by Gasteiger charge is 2.34. The van der Waals surface area contributed by atoms with Gasteiger partial charge in [0, 0.05) is 63.5 Å². The highest BCUT2D eigenvalue weighted by molar-refractivity contribution is 7.18. The Bertz CT molecular complexity index is 1310. The van der Waals surface area contributed by atoms with Gasteiger partial charge in [-0.2, -0.15) is 0 Å². The number of nitrogens with one attached hydrogen (secondary N) is 3. The van der Waals surface area contributed by atoms with E-state index in [9.17, 15) is 23.2 Å². The molecule has 1 saturated heterocycles. The molecule has 1 aliphatic heterocycles. The number of likely N-dealkylation sites (tertiary alicyclic amines) is 1. The molecule has 11 heteroatoms. The second-order valence-electron chi connectivity index (χ2n) is 12.6. The third kappa shape index (κ3) is 9.54. The topological polar surface area (TPSA) is 103 Å². The van der Waals surface area contributed by atoms with Gasteiger partial charge in [-0.1, -0.05) is 52.7 Å². The summed E-state index contributed by atoms with van der Waals surface area (Å²) in [6, 6.07) is 5.08. The van der Waals surface area contributed by atoms with Crippen molar-refractivity contribution in [2.45, 2.75) is 102 Å². The molecule has 1 aromatic heterocycles. The van der Waals surface area contributed by atoms with E-state index in [1.165, 1.54) is 16.9 Å². The number of carbonyl (C=O) groups is 3. The Labute approximate surface area is 263 Å². The molecule has 2 fully saturated rings. The first-order chi connectivity index (χ1) is 20.9. The van der Waals surface area contributed by atoms with E-state index < -0.39 is 12.0 Å². The fourth-order valence-electron chi connectivity index (χ4n) is 5.98. The molecule has 1 aliphatic carbocycles. The maximum atomic E-state index is 13.8. The second kappa shape index (κ2) is 15.4. The largest absolute Gasteiger partial charge is 0.350 e. The van der Waals surface area contributed by atoms with Crippen LogP contribution >= 0.6 is 11.3 Å². The van der Waals surface area contributed by atoms with Crippen molar-refractivity contribution >= 4 is 39.3 Å². The Morgan fingerprint density at radius 2 is 1.82 bits per heavy atom. The number of carbonyl (C=O) groups excluding carboxylic acids is 3. The van der Waals surface area contributed by atoms with Gasteiger partial charge in [0.2, 0.25) is 17.7 Å². The van der Waals surface area contributed by atoms with Crippen molar-refractivity contribution in [3.05, 3.63) is 40.9 Å². The van der Waals surface area contributed by atoms with Crippen LogP contribution in [0.1, 0.15) is 88.6 Å². The quantitative estimate of drug-likeness (QED) is 0.260. The first-order valence-corrected chi connectivity index (χ1v) is 16.8. The highest BCUT2D eigenvalue weighted by Crippen LogP contribution is 2.29. The Morgan fingerprint density at radius 1 is 1.11 bits per heavy atom. The molecule has 0 spiro atoms. The number of fused-ring (bicyclic) bond motifs is 1. The van der Waals surface area contributed by atoms with Crippen LogP contribution in [0.2, 0.25) is 0 Å². The maximum Gasteiger partial charge on any atom is 0.250 e. The highest BCUT2D eigenvalue weighted by atomic mass is 32.1. The van der Waals surface area contributed by atoms with Crippen LogP contribution in [0, 0.1) is 5.92 Å². The van der Waals surface area contributed by atoms with Gasteiger partial charge in [0.25, 0.3) is 5.92 Å². The fourth-order valence-corrected chi connectivity index (χ4v) is 7.04. The summed E-state index contributed by atoms with van der Waals surface area (Å²) in [5.74, 6) is -2.94. The van der Waals surface area contributed by atoms with Gasteiger partial charge in [0.1, 0.15) is 6.04 Å². The summed E-state index contributed by atoms with van der Waals surface area (Å²) in [5, 5.41) is 9.76. The number of rotatable bonds is 13. The molecule has 2 heterocycles. The van der Waals surface area contributed by atoms with Crippen molar-refractivity contribution in [3.8, 4) is 0 Å². The predicted molar refractivity (Wildman–Crippen MR) is 171 cm³/mol. The lowest BCUT2D eigenvalue weighted by Gasteiger charge is -2.33. The average Bonchev–Trinajstić information content (AvgIpc) is 3.41. The van der Waals surface area contributed by atoms with E-state index in [1.54, 1.807) is 6.92 Å². The third-order valence-corrected chi connectivity index (χ3v) is 9.87.